The van der Waals surface area contributed by atoms with E-state index in [1.54, 1.807) is 6.07 Å². The minimum absolute atomic E-state index is 0.0965. The van der Waals surface area contributed by atoms with Crippen LogP contribution < -0.4 is 5.32 Å². The van der Waals surface area contributed by atoms with Crippen molar-refractivity contribution in [2.45, 2.75) is 19.0 Å². The summed E-state index contributed by atoms with van der Waals surface area (Å²) in [6.07, 6.45) is 0. The Balaban J connectivity index is 2.90. The third-order valence-corrected chi connectivity index (χ3v) is 2.66. The van der Waals surface area contributed by atoms with Crippen LogP contribution >= 0.6 is 0 Å². The van der Waals surface area contributed by atoms with Crippen LogP contribution in [0.4, 0.5) is 8.78 Å². The first-order chi connectivity index (χ1) is 8.45. The van der Waals surface area contributed by atoms with E-state index in [0.29, 0.717) is 0 Å². The second-order valence-electron chi connectivity index (χ2n) is 4.26. The maximum absolute atomic E-state index is 13.5. The van der Waals surface area contributed by atoms with Gasteiger partial charge in [-0.2, -0.15) is 5.26 Å². The van der Waals surface area contributed by atoms with Gasteiger partial charge in [-0.3, -0.25) is 0 Å². The normalized spacial score (nSPS) is 11.3. The van der Waals surface area contributed by atoms with Gasteiger partial charge in [0.25, 0.3) is 0 Å². The third-order valence-electron chi connectivity index (χ3n) is 2.66. The van der Waals surface area contributed by atoms with Gasteiger partial charge in [0.1, 0.15) is 11.6 Å². The van der Waals surface area contributed by atoms with E-state index < -0.39 is 17.2 Å². The molecule has 0 spiro atoms. The Bertz CT molecular complexity index is 445. The minimum atomic E-state index is -1.02. The molecule has 4 nitrogen and oxygen atoms in total. The van der Waals surface area contributed by atoms with Crippen LogP contribution in [-0.2, 0) is 6.54 Å². The molecule has 0 aliphatic heterocycles. The molecule has 1 aromatic carbocycles. The number of benzene rings is 1. The number of aliphatic hydroxyl groups excluding tert-OH is 2. The number of nitriles is 1. The van der Waals surface area contributed by atoms with Crippen LogP contribution in [-0.4, -0.2) is 29.0 Å². The molecule has 0 radical (unpaired) electrons. The van der Waals surface area contributed by atoms with Gasteiger partial charge < -0.3 is 15.5 Å². The van der Waals surface area contributed by atoms with Crippen molar-refractivity contribution in [1.29, 1.82) is 5.26 Å². The zero-order valence-electron chi connectivity index (χ0n) is 9.87. The van der Waals surface area contributed by atoms with Gasteiger partial charge in [-0.25, -0.2) is 8.78 Å². The molecule has 0 heterocycles. The molecule has 0 saturated carbocycles. The molecular formula is C12H14F2N2O2. The van der Waals surface area contributed by atoms with Crippen LogP contribution in [0.25, 0.3) is 0 Å². The van der Waals surface area contributed by atoms with Crippen molar-refractivity contribution >= 4 is 0 Å². The van der Waals surface area contributed by atoms with Crippen molar-refractivity contribution < 1.29 is 19.0 Å². The molecule has 18 heavy (non-hydrogen) atoms. The highest BCUT2D eigenvalue weighted by molar-refractivity contribution is 5.34. The summed E-state index contributed by atoms with van der Waals surface area (Å²) in [6, 6.07) is 3.53. The Kier molecular flexibility index (Phi) is 4.73. The molecular weight excluding hydrogens is 242 g/mol. The van der Waals surface area contributed by atoms with Crippen molar-refractivity contribution in [3.05, 3.63) is 34.9 Å². The summed E-state index contributed by atoms with van der Waals surface area (Å²) < 4.78 is 27.0. The van der Waals surface area contributed by atoms with Crippen molar-refractivity contribution in [3.8, 4) is 6.07 Å². The van der Waals surface area contributed by atoms with Gasteiger partial charge in [0.15, 0.2) is 0 Å². The number of aliphatic hydroxyl groups is 2. The number of nitrogens with one attached hydrogen (secondary N) is 1. The molecule has 98 valence electrons. The Hall–Kier alpha value is -1.55. The highest BCUT2D eigenvalue weighted by atomic mass is 19.1. The van der Waals surface area contributed by atoms with Crippen molar-refractivity contribution in [2.75, 3.05) is 13.2 Å². The van der Waals surface area contributed by atoms with E-state index in [2.05, 4.69) is 5.32 Å². The topological polar surface area (TPSA) is 76.3 Å². The van der Waals surface area contributed by atoms with Crippen LogP contribution in [0.1, 0.15) is 18.1 Å². The van der Waals surface area contributed by atoms with E-state index in [0.717, 1.165) is 12.1 Å². The molecule has 3 N–H and O–H groups in total. The monoisotopic (exact) mass is 256 g/mol. The Morgan fingerprint density at radius 3 is 2.17 bits per heavy atom. The second kappa shape index (κ2) is 5.87. The van der Waals surface area contributed by atoms with Gasteiger partial charge in [0.05, 0.1) is 30.4 Å². The lowest BCUT2D eigenvalue weighted by Gasteiger charge is -2.26. The lowest BCUT2D eigenvalue weighted by atomic mass is 10.0. The SMILES string of the molecule is CC(CO)(CO)NCc1c(F)cc(C#N)cc1F. The molecule has 0 unspecified atom stereocenters. The zero-order valence-corrected chi connectivity index (χ0v) is 9.87. The summed E-state index contributed by atoms with van der Waals surface area (Å²) in [7, 11) is 0. The Morgan fingerprint density at radius 2 is 1.78 bits per heavy atom. The van der Waals surface area contributed by atoms with Gasteiger partial charge in [0.2, 0.25) is 0 Å². The third kappa shape index (κ3) is 3.23. The smallest absolute Gasteiger partial charge is 0.131 e. The first-order valence-electron chi connectivity index (χ1n) is 5.30. The van der Waals surface area contributed by atoms with Gasteiger partial charge in [-0.1, -0.05) is 0 Å². The highest BCUT2D eigenvalue weighted by Crippen LogP contribution is 2.16. The van der Waals surface area contributed by atoms with Gasteiger partial charge in [0, 0.05) is 12.1 Å². The summed E-state index contributed by atoms with van der Waals surface area (Å²) in [5, 5.41) is 29.3. The number of hydrogen-bond donors (Lipinski definition) is 3. The fourth-order valence-electron chi connectivity index (χ4n) is 1.30. The molecule has 0 amide bonds. The minimum Gasteiger partial charge on any atom is -0.394 e. The lowest BCUT2D eigenvalue weighted by molar-refractivity contribution is 0.102. The second-order valence-corrected chi connectivity index (χ2v) is 4.26. The molecule has 0 fully saturated rings. The largest absolute Gasteiger partial charge is 0.394 e. The van der Waals surface area contributed by atoms with E-state index in [9.17, 15) is 8.78 Å². The van der Waals surface area contributed by atoms with Crippen molar-refractivity contribution in [3.63, 3.8) is 0 Å². The fraction of sp³-hybridized carbons (Fsp3) is 0.417. The summed E-state index contributed by atoms with van der Waals surface area (Å²) in [5.74, 6) is -1.67. The average Bonchev–Trinajstić information content (AvgIpc) is 2.37. The molecule has 1 aromatic rings. The zero-order chi connectivity index (χ0) is 13.8. The van der Waals surface area contributed by atoms with Crippen LogP contribution in [0.5, 0.6) is 0 Å². The Labute approximate surface area is 103 Å². The summed E-state index contributed by atoms with van der Waals surface area (Å²) in [5.41, 5.74) is -1.35. The van der Waals surface area contributed by atoms with Crippen LogP contribution in [0, 0.1) is 23.0 Å². The standard InChI is InChI=1S/C12H14F2N2O2/c1-12(6-17,7-18)16-5-9-10(13)2-8(4-15)3-11(9)14/h2-3,16-18H,5-7H2,1H3. The first-order valence-corrected chi connectivity index (χ1v) is 5.30. The molecule has 0 aromatic heterocycles. The first kappa shape index (κ1) is 14.5. The maximum Gasteiger partial charge on any atom is 0.131 e. The van der Waals surface area contributed by atoms with Crippen molar-refractivity contribution in [1.82, 2.24) is 5.32 Å². The fourth-order valence-corrected chi connectivity index (χ4v) is 1.30. The predicted molar refractivity (Wildman–Crippen MR) is 60.5 cm³/mol. The molecule has 0 aliphatic carbocycles. The van der Waals surface area contributed by atoms with E-state index >= 15 is 0 Å². The molecule has 0 saturated heterocycles. The molecule has 6 heteroatoms. The maximum atomic E-state index is 13.5. The van der Waals surface area contributed by atoms with E-state index in [4.69, 9.17) is 15.5 Å². The molecule has 0 aliphatic rings. The number of hydrogen-bond acceptors (Lipinski definition) is 4. The molecule has 0 bridgehead atoms. The number of halogens is 2. The number of nitrogens with zero attached hydrogens (tertiary/aromatic N) is 1. The average molecular weight is 256 g/mol. The van der Waals surface area contributed by atoms with E-state index in [-0.39, 0.29) is 30.9 Å². The highest BCUT2D eigenvalue weighted by Gasteiger charge is 2.22. The van der Waals surface area contributed by atoms with Gasteiger partial charge >= 0.3 is 0 Å². The molecule has 0 atom stereocenters. The van der Waals surface area contributed by atoms with Gasteiger partial charge in [-0.05, 0) is 19.1 Å². The summed E-state index contributed by atoms with van der Waals surface area (Å²) >= 11 is 0. The lowest BCUT2D eigenvalue weighted by Crippen LogP contribution is -2.48. The van der Waals surface area contributed by atoms with Crippen LogP contribution in [0.15, 0.2) is 12.1 Å². The number of rotatable bonds is 5. The summed E-state index contributed by atoms with van der Waals surface area (Å²) in [4.78, 5) is 0. The summed E-state index contributed by atoms with van der Waals surface area (Å²) in [6.45, 7) is 0.583. The van der Waals surface area contributed by atoms with E-state index in [1.807, 2.05) is 0 Å². The van der Waals surface area contributed by atoms with Gasteiger partial charge in [-0.15, -0.1) is 0 Å². The van der Waals surface area contributed by atoms with Crippen LogP contribution in [0.2, 0.25) is 0 Å². The van der Waals surface area contributed by atoms with E-state index in [1.165, 1.54) is 6.92 Å². The van der Waals surface area contributed by atoms with Crippen LogP contribution in [0.3, 0.4) is 0 Å². The predicted octanol–water partition coefficient (Wildman–Crippen LogP) is 0.669. The van der Waals surface area contributed by atoms with Crippen molar-refractivity contribution in [2.24, 2.45) is 0 Å². The Morgan fingerprint density at radius 1 is 1.28 bits per heavy atom. The molecule has 1 rings (SSSR count). The quantitative estimate of drug-likeness (QED) is 0.723.